The summed E-state index contributed by atoms with van der Waals surface area (Å²) in [6.45, 7) is 4.35. The van der Waals surface area contributed by atoms with Crippen molar-refractivity contribution in [1.29, 1.82) is 0 Å². The van der Waals surface area contributed by atoms with E-state index in [1.807, 2.05) is 7.05 Å². The number of rotatable bonds is 4. The maximum atomic E-state index is 4.76. The van der Waals surface area contributed by atoms with Gasteiger partial charge in [0.2, 0.25) is 0 Å². The highest BCUT2D eigenvalue weighted by Gasteiger charge is 2.21. The van der Waals surface area contributed by atoms with Gasteiger partial charge in [-0.2, -0.15) is 0 Å². The average Bonchev–Trinajstić information content (AvgIpc) is 2.86. The van der Waals surface area contributed by atoms with Gasteiger partial charge in [0.25, 0.3) is 0 Å². The topological polar surface area (TPSA) is 41.1 Å². The zero-order valence-electron chi connectivity index (χ0n) is 12.9. The SMILES string of the molecule is CCC1CCCCCN1Cc1nc(NC)c2ccsc2n1. The van der Waals surface area contributed by atoms with Crippen molar-refractivity contribution >= 4 is 27.4 Å². The molecule has 3 rings (SSSR count). The summed E-state index contributed by atoms with van der Waals surface area (Å²) in [5.41, 5.74) is 0. The molecule has 21 heavy (non-hydrogen) atoms. The quantitative estimate of drug-likeness (QED) is 0.930. The molecule has 0 radical (unpaired) electrons. The first-order valence-electron chi connectivity index (χ1n) is 7.97. The van der Waals surface area contributed by atoms with Crippen LogP contribution in [0.4, 0.5) is 5.82 Å². The van der Waals surface area contributed by atoms with Gasteiger partial charge in [-0.1, -0.05) is 19.8 Å². The van der Waals surface area contributed by atoms with E-state index in [4.69, 9.17) is 9.97 Å². The van der Waals surface area contributed by atoms with Crippen LogP contribution in [0.2, 0.25) is 0 Å². The van der Waals surface area contributed by atoms with Gasteiger partial charge in [0.1, 0.15) is 16.5 Å². The van der Waals surface area contributed by atoms with Crippen LogP contribution in [0.25, 0.3) is 10.2 Å². The molecule has 1 fully saturated rings. The van der Waals surface area contributed by atoms with Crippen molar-refractivity contribution in [3.8, 4) is 0 Å². The predicted molar refractivity (Wildman–Crippen MR) is 89.9 cm³/mol. The minimum atomic E-state index is 0.688. The highest BCUT2D eigenvalue weighted by molar-refractivity contribution is 7.16. The normalized spacial score (nSPS) is 20.6. The molecule has 1 saturated heterocycles. The van der Waals surface area contributed by atoms with E-state index in [-0.39, 0.29) is 0 Å². The first-order chi connectivity index (χ1) is 10.3. The van der Waals surface area contributed by atoms with Gasteiger partial charge in [0, 0.05) is 13.1 Å². The number of thiophene rings is 1. The van der Waals surface area contributed by atoms with Crippen molar-refractivity contribution in [3.05, 3.63) is 17.3 Å². The zero-order valence-corrected chi connectivity index (χ0v) is 13.7. The van der Waals surface area contributed by atoms with Gasteiger partial charge in [-0.3, -0.25) is 4.90 Å². The second-order valence-electron chi connectivity index (χ2n) is 5.76. The molecule has 1 N–H and O–H groups in total. The first-order valence-corrected chi connectivity index (χ1v) is 8.85. The van der Waals surface area contributed by atoms with Crippen molar-refractivity contribution in [2.45, 2.75) is 51.6 Å². The van der Waals surface area contributed by atoms with E-state index in [1.165, 1.54) is 38.6 Å². The molecule has 2 aromatic rings. The summed E-state index contributed by atoms with van der Waals surface area (Å²) in [6.07, 6.45) is 6.56. The molecule has 5 heteroatoms. The Kier molecular flexibility index (Phi) is 4.70. The summed E-state index contributed by atoms with van der Waals surface area (Å²) in [5, 5.41) is 6.43. The number of fused-ring (bicyclic) bond motifs is 1. The van der Waals surface area contributed by atoms with Gasteiger partial charge in [0.15, 0.2) is 0 Å². The Morgan fingerprint density at radius 3 is 3.05 bits per heavy atom. The molecule has 1 atom stereocenters. The Morgan fingerprint density at radius 1 is 1.33 bits per heavy atom. The van der Waals surface area contributed by atoms with Crippen LogP contribution in [-0.4, -0.2) is 34.5 Å². The highest BCUT2D eigenvalue weighted by atomic mass is 32.1. The number of likely N-dealkylation sites (tertiary alicyclic amines) is 1. The third kappa shape index (κ3) is 3.19. The minimum Gasteiger partial charge on any atom is -0.372 e. The largest absolute Gasteiger partial charge is 0.372 e. The maximum Gasteiger partial charge on any atom is 0.146 e. The van der Waals surface area contributed by atoms with E-state index >= 15 is 0 Å². The number of anilines is 1. The third-order valence-electron chi connectivity index (χ3n) is 4.42. The van der Waals surface area contributed by atoms with E-state index in [9.17, 15) is 0 Å². The predicted octanol–water partition coefficient (Wildman–Crippen LogP) is 3.89. The molecule has 2 aromatic heterocycles. The Bertz CT molecular complexity index is 595. The molecule has 1 aliphatic heterocycles. The number of hydrogen-bond donors (Lipinski definition) is 1. The third-order valence-corrected chi connectivity index (χ3v) is 5.23. The van der Waals surface area contributed by atoms with Crippen LogP contribution in [0, 0.1) is 0 Å². The summed E-state index contributed by atoms with van der Waals surface area (Å²) < 4.78 is 0. The van der Waals surface area contributed by atoms with Crippen LogP contribution in [0.5, 0.6) is 0 Å². The molecule has 114 valence electrons. The van der Waals surface area contributed by atoms with Crippen LogP contribution >= 0.6 is 11.3 Å². The maximum absolute atomic E-state index is 4.76. The lowest BCUT2D eigenvalue weighted by molar-refractivity contribution is 0.182. The smallest absolute Gasteiger partial charge is 0.146 e. The van der Waals surface area contributed by atoms with Gasteiger partial charge in [-0.15, -0.1) is 11.3 Å². The van der Waals surface area contributed by atoms with Crippen LogP contribution < -0.4 is 5.32 Å². The fourth-order valence-electron chi connectivity index (χ4n) is 3.25. The van der Waals surface area contributed by atoms with Crippen LogP contribution in [0.15, 0.2) is 11.4 Å². The summed E-state index contributed by atoms with van der Waals surface area (Å²) in [6, 6.07) is 2.78. The highest BCUT2D eigenvalue weighted by Crippen LogP contribution is 2.26. The molecule has 3 heterocycles. The molecule has 0 saturated carbocycles. The number of nitrogens with one attached hydrogen (secondary N) is 1. The first kappa shape index (κ1) is 14.7. The molecule has 0 spiro atoms. The van der Waals surface area contributed by atoms with Crippen LogP contribution in [-0.2, 0) is 6.54 Å². The number of hydrogen-bond acceptors (Lipinski definition) is 5. The van der Waals surface area contributed by atoms with E-state index in [0.29, 0.717) is 6.04 Å². The van der Waals surface area contributed by atoms with E-state index in [1.54, 1.807) is 11.3 Å². The Hall–Kier alpha value is -1.20. The molecule has 4 nitrogen and oxygen atoms in total. The van der Waals surface area contributed by atoms with Crippen molar-refractivity contribution in [3.63, 3.8) is 0 Å². The van der Waals surface area contributed by atoms with Gasteiger partial charge in [0.05, 0.1) is 11.9 Å². The van der Waals surface area contributed by atoms with Gasteiger partial charge in [-0.05, 0) is 37.3 Å². The van der Waals surface area contributed by atoms with E-state index < -0.39 is 0 Å². The van der Waals surface area contributed by atoms with Crippen molar-refractivity contribution in [2.24, 2.45) is 0 Å². The monoisotopic (exact) mass is 304 g/mol. The molecule has 0 aromatic carbocycles. The second kappa shape index (κ2) is 6.71. The van der Waals surface area contributed by atoms with E-state index in [0.717, 1.165) is 28.4 Å². The van der Waals surface area contributed by atoms with E-state index in [2.05, 4.69) is 28.6 Å². The molecule has 0 bridgehead atoms. The molecule has 0 aliphatic carbocycles. The van der Waals surface area contributed by atoms with Gasteiger partial charge < -0.3 is 5.32 Å². The van der Waals surface area contributed by atoms with Crippen molar-refractivity contribution in [1.82, 2.24) is 14.9 Å². The Balaban J connectivity index is 1.85. The van der Waals surface area contributed by atoms with Crippen molar-refractivity contribution < 1.29 is 0 Å². The zero-order chi connectivity index (χ0) is 14.7. The second-order valence-corrected chi connectivity index (χ2v) is 6.65. The molecular weight excluding hydrogens is 280 g/mol. The standard InChI is InChI=1S/C16H24N4S/c1-3-12-7-5-4-6-9-20(12)11-14-18-15(17-2)13-8-10-21-16(13)19-14/h8,10,12H,3-7,9,11H2,1-2H3,(H,17,18,19). The summed E-state index contributed by atoms with van der Waals surface area (Å²) >= 11 is 1.69. The van der Waals surface area contributed by atoms with Crippen molar-refractivity contribution in [2.75, 3.05) is 18.9 Å². The molecular formula is C16H24N4S. The lowest BCUT2D eigenvalue weighted by Crippen LogP contribution is -2.34. The van der Waals surface area contributed by atoms with Gasteiger partial charge >= 0.3 is 0 Å². The fraction of sp³-hybridized carbons (Fsp3) is 0.625. The fourth-order valence-corrected chi connectivity index (χ4v) is 4.03. The van der Waals surface area contributed by atoms with Crippen LogP contribution in [0.1, 0.15) is 44.9 Å². The number of nitrogens with zero attached hydrogens (tertiary/aromatic N) is 3. The Morgan fingerprint density at radius 2 is 2.24 bits per heavy atom. The summed E-state index contributed by atoms with van der Waals surface area (Å²) in [5.74, 6) is 1.91. The van der Waals surface area contributed by atoms with Crippen LogP contribution in [0.3, 0.4) is 0 Å². The van der Waals surface area contributed by atoms with Gasteiger partial charge in [-0.25, -0.2) is 9.97 Å². The molecule has 0 amide bonds. The average molecular weight is 304 g/mol. The summed E-state index contributed by atoms with van der Waals surface area (Å²) in [7, 11) is 1.93. The minimum absolute atomic E-state index is 0.688. The number of aromatic nitrogens is 2. The molecule has 1 aliphatic rings. The molecule has 1 unspecified atom stereocenters. The Labute approximate surface area is 130 Å². The summed E-state index contributed by atoms with van der Waals surface area (Å²) in [4.78, 5) is 13.2. The lowest BCUT2D eigenvalue weighted by Gasteiger charge is -2.28. The lowest BCUT2D eigenvalue weighted by atomic mass is 10.1.